The molecule has 3 aromatic rings. The Morgan fingerprint density at radius 2 is 1.50 bits per heavy atom. The minimum absolute atomic E-state index is 0.236. The third kappa shape index (κ3) is 7.11. The molecule has 0 unspecified atom stereocenters. The third-order valence-corrected chi connectivity index (χ3v) is 8.02. The molecule has 0 heterocycles. The first kappa shape index (κ1) is 26.3. The Balaban J connectivity index is 1.86. The molecule has 0 spiro atoms. The molecular weight excluding hydrogens is 498 g/mol. The minimum atomic E-state index is -4.42. The number of halogens is 5. The van der Waals surface area contributed by atoms with E-state index < -0.39 is 19.8 Å². The SMILES string of the molecule is C[Si](C)(C)c1ccc(CN(CCc2cccc(C(F)(F)F)c2)C(=O)c2cc(Cl)cc(Cl)c2)cc1. The van der Waals surface area contributed by atoms with Crippen LogP contribution < -0.4 is 5.19 Å². The van der Waals surface area contributed by atoms with E-state index in [0.29, 0.717) is 27.7 Å². The lowest BCUT2D eigenvalue weighted by atomic mass is 10.1. The standard InChI is InChI=1S/C26H26Cl2F3NOSi/c1-34(2,3)24-9-7-19(8-10-24)17-32(25(33)20-14-22(27)16-23(28)15-20)12-11-18-5-4-6-21(13-18)26(29,30)31/h4-10,13-16H,11-12,17H2,1-3H3. The molecule has 0 fully saturated rings. The summed E-state index contributed by atoms with van der Waals surface area (Å²) in [6.45, 7) is 7.33. The van der Waals surface area contributed by atoms with Crippen molar-refractivity contribution in [2.45, 2.75) is 38.8 Å². The van der Waals surface area contributed by atoms with Gasteiger partial charge in [0.05, 0.1) is 13.6 Å². The van der Waals surface area contributed by atoms with Crippen molar-refractivity contribution in [2.75, 3.05) is 6.54 Å². The molecule has 0 aliphatic carbocycles. The first-order valence-electron chi connectivity index (χ1n) is 10.8. The van der Waals surface area contributed by atoms with E-state index in [1.54, 1.807) is 29.2 Å². The van der Waals surface area contributed by atoms with Gasteiger partial charge >= 0.3 is 6.18 Å². The Bertz CT molecular complexity index is 1140. The Morgan fingerprint density at radius 3 is 2.06 bits per heavy atom. The molecule has 0 atom stereocenters. The molecule has 0 aliphatic heterocycles. The highest BCUT2D eigenvalue weighted by molar-refractivity contribution is 6.88. The molecule has 0 radical (unpaired) electrons. The summed E-state index contributed by atoms with van der Waals surface area (Å²) in [6.07, 6.45) is -4.14. The third-order valence-electron chi connectivity index (χ3n) is 5.51. The minimum Gasteiger partial charge on any atom is -0.334 e. The van der Waals surface area contributed by atoms with Gasteiger partial charge in [-0.2, -0.15) is 13.2 Å². The van der Waals surface area contributed by atoms with Gasteiger partial charge in [0.1, 0.15) is 0 Å². The second-order valence-electron chi connectivity index (χ2n) is 9.28. The van der Waals surface area contributed by atoms with Gasteiger partial charge in [0.15, 0.2) is 0 Å². The fraction of sp³-hybridized carbons (Fsp3) is 0.269. The average molecular weight is 524 g/mol. The highest BCUT2D eigenvalue weighted by atomic mass is 35.5. The second-order valence-corrected chi connectivity index (χ2v) is 15.2. The molecule has 0 bridgehead atoms. The number of rotatable bonds is 7. The quantitative estimate of drug-likeness (QED) is 0.294. The largest absolute Gasteiger partial charge is 0.416 e. The summed E-state index contributed by atoms with van der Waals surface area (Å²) in [5.74, 6) is -0.286. The van der Waals surface area contributed by atoms with E-state index in [4.69, 9.17) is 23.2 Å². The van der Waals surface area contributed by atoms with Gasteiger partial charge < -0.3 is 4.90 Å². The Morgan fingerprint density at radius 1 is 0.882 bits per heavy atom. The van der Waals surface area contributed by atoms with E-state index in [0.717, 1.165) is 17.7 Å². The van der Waals surface area contributed by atoms with Crippen molar-refractivity contribution in [3.8, 4) is 0 Å². The highest BCUT2D eigenvalue weighted by Crippen LogP contribution is 2.29. The first-order chi connectivity index (χ1) is 15.8. The van der Waals surface area contributed by atoms with Crippen LogP contribution in [0.25, 0.3) is 0 Å². The summed E-state index contributed by atoms with van der Waals surface area (Å²) < 4.78 is 39.3. The van der Waals surface area contributed by atoms with Gasteiger partial charge in [0.25, 0.3) is 5.91 Å². The number of benzene rings is 3. The van der Waals surface area contributed by atoms with Gasteiger partial charge in [-0.3, -0.25) is 4.79 Å². The predicted molar refractivity (Wildman–Crippen MR) is 136 cm³/mol. The zero-order chi connectivity index (χ0) is 25.1. The molecule has 8 heteroatoms. The normalized spacial score (nSPS) is 12.0. The van der Waals surface area contributed by atoms with Crippen molar-refractivity contribution in [3.05, 3.63) is 99.0 Å². The van der Waals surface area contributed by atoms with Crippen LogP contribution in [0.1, 0.15) is 27.0 Å². The van der Waals surface area contributed by atoms with Crippen LogP contribution in [0, 0.1) is 0 Å². The Labute approximate surface area is 209 Å². The summed E-state index contributed by atoms with van der Waals surface area (Å²) in [5, 5.41) is 1.99. The van der Waals surface area contributed by atoms with Crippen LogP contribution in [0.15, 0.2) is 66.7 Å². The lowest BCUT2D eigenvalue weighted by Crippen LogP contribution is -2.37. The number of carbonyl (C=O) groups excluding carboxylic acids is 1. The molecule has 3 rings (SSSR count). The number of hydrogen-bond acceptors (Lipinski definition) is 1. The maximum absolute atomic E-state index is 13.4. The van der Waals surface area contributed by atoms with Crippen molar-refractivity contribution in [1.82, 2.24) is 4.90 Å². The van der Waals surface area contributed by atoms with Crippen LogP contribution in [-0.2, 0) is 19.1 Å². The van der Waals surface area contributed by atoms with Crippen LogP contribution in [-0.4, -0.2) is 25.4 Å². The molecule has 0 saturated heterocycles. The zero-order valence-corrected chi connectivity index (χ0v) is 21.7. The van der Waals surface area contributed by atoms with Gasteiger partial charge in [-0.15, -0.1) is 0 Å². The van der Waals surface area contributed by atoms with Gasteiger partial charge in [-0.1, -0.05) is 90.5 Å². The van der Waals surface area contributed by atoms with Crippen molar-refractivity contribution in [2.24, 2.45) is 0 Å². The number of hydrogen-bond donors (Lipinski definition) is 0. The van der Waals surface area contributed by atoms with E-state index in [1.165, 1.54) is 11.3 Å². The fourth-order valence-electron chi connectivity index (χ4n) is 3.61. The highest BCUT2D eigenvalue weighted by Gasteiger charge is 2.30. The van der Waals surface area contributed by atoms with Gasteiger partial charge in [0.2, 0.25) is 0 Å². The van der Waals surface area contributed by atoms with Gasteiger partial charge in [-0.05, 0) is 41.8 Å². The van der Waals surface area contributed by atoms with Crippen molar-refractivity contribution >= 4 is 42.4 Å². The predicted octanol–water partition coefficient (Wildman–Crippen LogP) is 7.44. The van der Waals surface area contributed by atoms with Crippen molar-refractivity contribution in [3.63, 3.8) is 0 Å². The lowest BCUT2D eigenvalue weighted by Gasteiger charge is -2.24. The Kier molecular flexibility index (Phi) is 8.16. The van der Waals surface area contributed by atoms with Crippen molar-refractivity contribution in [1.29, 1.82) is 0 Å². The average Bonchev–Trinajstić information content (AvgIpc) is 2.75. The number of alkyl halides is 3. The summed E-state index contributed by atoms with van der Waals surface area (Å²) in [6, 6.07) is 18.0. The zero-order valence-electron chi connectivity index (χ0n) is 19.2. The molecule has 1 amide bonds. The molecule has 0 saturated carbocycles. The number of carbonyl (C=O) groups is 1. The van der Waals surface area contributed by atoms with E-state index in [2.05, 4.69) is 31.8 Å². The molecule has 34 heavy (non-hydrogen) atoms. The van der Waals surface area contributed by atoms with E-state index in [9.17, 15) is 18.0 Å². The first-order valence-corrected chi connectivity index (χ1v) is 15.1. The van der Waals surface area contributed by atoms with E-state index in [-0.39, 0.29) is 18.9 Å². The maximum atomic E-state index is 13.4. The topological polar surface area (TPSA) is 20.3 Å². The smallest absolute Gasteiger partial charge is 0.334 e. The van der Waals surface area contributed by atoms with Crippen molar-refractivity contribution < 1.29 is 18.0 Å². The molecule has 0 aromatic heterocycles. The fourth-order valence-corrected chi connectivity index (χ4v) is 5.30. The maximum Gasteiger partial charge on any atom is 0.416 e. The molecule has 2 nitrogen and oxygen atoms in total. The lowest BCUT2D eigenvalue weighted by molar-refractivity contribution is -0.137. The summed E-state index contributed by atoms with van der Waals surface area (Å²) in [7, 11) is -1.47. The van der Waals surface area contributed by atoms with Crippen LogP contribution in [0.2, 0.25) is 29.7 Å². The van der Waals surface area contributed by atoms with Gasteiger partial charge in [-0.25, -0.2) is 0 Å². The number of amides is 1. The Hall–Kier alpha value is -2.28. The monoisotopic (exact) mass is 523 g/mol. The summed E-state index contributed by atoms with van der Waals surface area (Å²) in [5.41, 5.74) is 1.07. The summed E-state index contributed by atoms with van der Waals surface area (Å²) >= 11 is 12.2. The molecule has 0 N–H and O–H groups in total. The molecule has 3 aromatic carbocycles. The molecule has 180 valence electrons. The van der Waals surface area contributed by atoms with E-state index in [1.807, 2.05) is 12.1 Å². The molecular formula is C26H26Cl2F3NOSi. The number of nitrogens with zero attached hydrogens (tertiary/aromatic N) is 1. The van der Waals surface area contributed by atoms with Crippen LogP contribution in [0.5, 0.6) is 0 Å². The second kappa shape index (κ2) is 10.5. The summed E-state index contributed by atoms with van der Waals surface area (Å²) in [4.78, 5) is 15.0. The van der Waals surface area contributed by atoms with E-state index >= 15 is 0 Å². The van der Waals surface area contributed by atoms with Crippen LogP contribution in [0.4, 0.5) is 13.2 Å². The van der Waals surface area contributed by atoms with Crippen LogP contribution in [0.3, 0.4) is 0 Å². The van der Waals surface area contributed by atoms with Crippen LogP contribution >= 0.6 is 23.2 Å². The van der Waals surface area contributed by atoms with Gasteiger partial charge in [0, 0.05) is 28.7 Å². The molecule has 0 aliphatic rings.